The second-order valence-electron chi connectivity index (χ2n) is 6.65. The predicted molar refractivity (Wildman–Crippen MR) is 86.8 cm³/mol. The second kappa shape index (κ2) is 9.02. The minimum absolute atomic E-state index is 0.212. The number of aliphatic hydroxyl groups is 1. The number of β-amino-alcohol motifs (C(OH)–C–C–N with tert-alkyl or cyclic N) is 1. The molecule has 1 unspecified atom stereocenters. The zero-order chi connectivity index (χ0) is 15.1. The second-order valence-corrected chi connectivity index (χ2v) is 6.65. The molecule has 0 saturated carbocycles. The smallest absolute Gasteiger partial charge is 0.0793 e. The highest BCUT2D eigenvalue weighted by molar-refractivity contribution is 4.77. The van der Waals surface area contributed by atoms with Gasteiger partial charge in [-0.2, -0.15) is 0 Å². The Bertz CT molecular complexity index is 275. The van der Waals surface area contributed by atoms with Crippen LogP contribution in [-0.4, -0.2) is 123 Å². The van der Waals surface area contributed by atoms with Gasteiger partial charge in [0.15, 0.2) is 0 Å². The summed E-state index contributed by atoms with van der Waals surface area (Å²) in [4.78, 5) is 9.55. The van der Waals surface area contributed by atoms with Crippen molar-refractivity contribution in [3.63, 3.8) is 0 Å². The standard InChI is InChI=1S/C15H33N5O/c1-17(2)7-8-18-9-11-20(12-10-18)14-15(21)13-19-5-3-16-4-6-19/h15-16,21H,3-14H2,1-2H3. The molecule has 2 aliphatic heterocycles. The summed E-state index contributed by atoms with van der Waals surface area (Å²) in [6.07, 6.45) is -0.212. The van der Waals surface area contributed by atoms with Crippen molar-refractivity contribution >= 4 is 0 Å². The number of nitrogens with zero attached hydrogens (tertiary/aromatic N) is 4. The number of likely N-dealkylation sites (N-methyl/N-ethyl adjacent to an activating group) is 1. The summed E-state index contributed by atoms with van der Waals surface area (Å²) in [6, 6.07) is 0. The van der Waals surface area contributed by atoms with E-state index in [1.54, 1.807) is 0 Å². The van der Waals surface area contributed by atoms with Gasteiger partial charge in [-0.15, -0.1) is 0 Å². The van der Waals surface area contributed by atoms with Crippen LogP contribution < -0.4 is 5.32 Å². The first-order chi connectivity index (χ1) is 10.1. The molecule has 0 bridgehead atoms. The number of nitrogens with one attached hydrogen (secondary N) is 1. The van der Waals surface area contributed by atoms with Crippen LogP contribution in [-0.2, 0) is 0 Å². The van der Waals surface area contributed by atoms with Gasteiger partial charge >= 0.3 is 0 Å². The van der Waals surface area contributed by atoms with Crippen LogP contribution in [0.5, 0.6) is 0 Å². The third-order valence-electron chi connectivity index (χ3n) is 4.48. The lowest BCUT2D eigenvalue weighted by atomic mass is 10.2. The first-order valence-corrected chi connectivity index (χ1v) is 8.34. The van der Waals surface area contributed by atoms with E-state index in [-0.39, 0.29) is 6.10 Å². The van der Waals surface area contributed by atoms with Crippen molar-refractivity contribution in [2.75, 3.05) is 92.6 Å². The van der Waals surface area contributed by atoms with Crippen LogP contribution >= 0.6 is 0 Å². The van der Waals surface area contributed by atoms with Crippen molar-refractivity contribution in [2.45, 2.75) is 6.10 Å². The molecule has 2 aliphatic rings. The van der Waals surface area contributed by atoms with Crippen LogP contribution in [0.25, 0.3) is 0 Å². The third kappa shape index (κ3) is 6.59. The van der Waals surface area contributed by atoms with Crippen molar-refractivity contribution < 1.29 is 5.11 Å². The minimum atomic E-state index is -0.212. The van der Waals surface area contributed by atoms with Crippen LogP contribution in [0, 0.1) is 0 Å². The fourth-order valence-corrected chi connectivity index (χ4v) is 3.08. The lowest BCUT2D eigenvalue weighted by Gasteiger charge is -2.37. The van der Waals surface area contributed by atoms with E-state index in [4.69, 9.17) is 0 Å². The molecule has 0 aromatic rings. The summed E-state index contributed by atoms with van der Waals surface area (Å²) in [5.74, 6) is 0. The largest absolute Gasteiger partial charge is 0.390 e. The topological polar surface area (TPSA) is 45.2 Å². The number of hydrogen-bond donors (Lipinski definition) is 2. The molecule has 0 radical (unpaired) electrons. The van der Waals surface area contributed by atoms with Gasteiger partial charge in [-0.05, 0) is 14.1 Å². The van der Waals surface area contributed by atoms with Gasteiger partial charge in [-0.25, -0.2) is 0 Å². The highest BCUT2D eigenvalue weighted by Crippen LogP contribution is 2.04. The molecule has 1 atom stereocenters. The number of rotatable bonds is 7. The Kier molecular flexibility index (Phi) is 7.36. The molecule has 2 fully saturated rings. The SMILES string of the molecule is CN(C)CCN1CCN(CC(O)CN2CCNCC2)CC1. The van der Waals surface area contributed by atoms with Crippen molar-refractivity contribution in [1.82, 2.24) is 24.9 Å². The molecular formula is C15H33N5O. The summed E-state index contributed by atoms with van der Waals surface area (Å²) < 4.78 is 0. The average Bonchev–Trinajstić information content (AvgIpc) is 2.47. The van der Waals surface area contributed by atoms with E-state index < -0.39 is 0 Å². The fourth-order valence-electron chi connectivity index (χ4n) is 3.08. The lowest BCUT2D eigenvalue weighted by molar-refractivity contribution is 0.0468. The maximum atomic E-state index is 10.3. The van der Waals surface area contributed by atoms with Gasteiger partial charge in [0, 0.05) is 78.5 Å². The van der Waals surface area contributed by atoms with Gasteiger partial charge in [-0.1, -0.05) is 0 Å². The molecule has 0 aromatic carbocycles. The van der Waals surface area contributed by atoms with Crippen molar-refractivity contribution in [3.8, 4) is 0 Å². The highest BCUT2D eigenvalue weighted by Gasteiger charge is 2.21. The summed E-state index contributed by atoms with van der Waals surface area (Å²) in [7, 11) is 4.26. The Morgan fingerprint density at radius 1 is 0.905 bits per heavy atom. The highest BCUT2D eigenvalue weighted by atomic mass is 16.3. The summed E-state index contributed by atoms with van der Waals surface area (Å²) >= 11 is 0. The molecule has 2 saturated heterocycles. The zero-order valence-electron chi connectivity index (χ0n) is 13.8. The zero-order valence-corrected chi connectivity index (χ0v) is 13.8. The monoisotopic (exact) mass is 299 g/mol. The van der Waals surface area contributed by atoms with Gasteiger partial charge < -0.3 is 15.3 Å². The van der Waals surface area contributed by atoms with E-state index in [0.29, 0.717) is 0 Å². The van der Waals surface area contributed by atoms with Crippen LogP contribution in [0.1, 0.15) is 0 Å². The summed E-state index contributed by atoms with van der Waals surface area (Å²) in [5, 5.41) is 13.6. The molecule has 6 heteroatoms. The molecule has 6 nitrogen and oxygen atoms in total. The molecule has 0 aliphatic carbocycles. The molecule has 21 heavy (non-hydrogen) atoms. The first-order valence-electron chi connectivity index (χ1n) is 8.34. The molecule has 0 aromatic heterocycles. The molecule has 2 N–H and O–H groups in total. The van der Waals surface area contributed by atoms with Crippen molar-refractivity contribution in [1.29, 1.82) is 0 Å². The molecule has 124 valence electrons. The van der Waals surface area contributed by atoms with E-state index in [1.807, 2.05) is 0 Å². The number of aliphatic hydroxyl groups excluding tert-OH is 1. The van der Waals surface area contributed by atoms with Crippen LogP contribution in [0.2, 0.25) is 0 Å². The van der Waals surface area contributed by atoms with E-state index in [9.17, 15) is 5.11 Å². The van der Waals surface area contributed by atoms with E-state index in [1.165, 1.54) is 0 Å². The normalized spacial score (nSPS) is 24.6. The van der Waals surface area contributed by atoms with Crippen LogP contribution in [0.3, 0.4) is 0 Å². The Morgan fingerprint density at radius 2 is 1.43 bits per heavy atom. The van der Waals surface area contributed by atoms with Crippen molar-refractivity contribution in [3.05, 3.63) is 0 Å². The van der Waals surface area contributed by atoms with E-state index >= 15 is 0 Å². The average molecular weight is 299 g/mol. The summed E-state index contributed by atoms with van der Waals surface area (Å²) in [6.45, 7) is 12.6. The van der Waals surface area contributed by atoms with Gasteiger partial charge in [0.05, 0.1) is 6.10 Å². The fraction of sp³-hybridized carbons (Fsp3) is 1.00. The van der Waals surface area contributed by atoms with Crippen molar-refractivity contribution in [2.24, 2.45) is 0 Å². The van der Waals surface area contributed by atoms with E-state index in [2.05, 4.69) is 39.0 Å². The number of piperazine rings is 2. The van der Waals surface area contributed by atoms with Crippen LogP contribution in [0.4, 0.5) is 0 Å². The minimum Gasteiger partial charge on any atom is -0.390 e. The molecule has 2 rings (SSSR count). The maximum Gasteiger partial charge on any atom is 0.0793 e. The summed E-state index contributed by atoms with van der Waals surface area (Å²) in [5.41, 5.74) is 0. The first kappa shape index (κ1) is 17.1. The maximum absolute atomic E-state index is 10.3. The number of hydrogen-bond acceptors (Lipinski definition) is 6. The quantitative estimate of drug-likeness (QED) is 0.592. The lowest BCUT2D eigenvalue weighted by Crippen LogP contribution is -2.52. The predicted octanol–water partition coefficient (Wildman–Crippen LogP) is -1.57. The molecular weight excluding hydrogens is 266 g/mol. The van der Waals surface area contributed by atoms with E-state index in [0.717, 1.165) is 78.5 Å². The third-order valence-corrected chi connectivity index (χ3v) is 4.48. The van der Waals surface area contributed by atoms with Crippen LogP contribution in [0.15, 0.2) is 0 Å². The van der Waals surface area contributed by atoms with Gasteiger partial charge in [0.25, 0.3) is 0 Å². The van der Waals surface area contributed by atoms with Gasteiger partial charge in [-0.3, -0.25) is 14.7 Å². The Hall–Kier alpha value is -0.240. The van der Waals surface area contributed by atoms with Gasteiger partial charge in [0.1, 0.15) is 0 Å². The Labute approximate surface area is 129 Å². The van der Waals surface area contributed by atoms with Gasteiger partial charge in [0.2, 0.25) is 0 Å². The Balaban J connectivity index is 1.59. The Morgan fingerprint density at radius 3 is 2.00 bits per heavy atom. The molecule has 0 amide bonds. The molecule has 0 spiro atoms. The molecule has 2 heterocycles.